The molecule has 0 spiro atoms. The molecule has 0 radical (unpaired) electrons. The molecule has 2 rings (SSSR count). The molecule has 6 nitrogen and oxygen atoms in total. The van der Waals surface area contributed by atoms with E-state index in [1.54, 1.807) is 42.7 Å². The lowest BCUT2D eigenvalue weighted by molar-refractivity contribution is 0.146. The highest BCUT2D eigenvalue weighted by Gasteiger charge is 2.20. The Balaban J connectivity index is 2.00. The number of nitrogens with zero attached hydrogens (tertiary/aromatic N) is 1. The highest BCUT2D eigenvalue weighted by Crippen LogP contribution is 2.23. The first-order chi connectivity index (χ1) is 11.9. The van der Waals surface area contributed by atoms with E-state index in [2.05, 4.69) is 4.72 Å². The summed E-state index contributed by atoms with van der Waals surface area (Å²) in [6.07, 6.45) is 0. The zero-order valence-corrected chi connectivity index (χ0v) is 16.3. The van der Waals surface area contributed by atoms with E-state index in [0.29, 0.717) is 25.5 Å². The smallest absolute Gasteiger partial charge is 0.240 e. The number of rotatable bonds is 10. The van der Waals surface area contributed by atoms with Gasteiger partial charge in [-0.05, 0) is 49.8 Å². The van der Waals surface area contributed by atoms with Gasteiger partial charge in [-0.3, -0.25) is 0 Å². The van der Waals surface area contributed by atoms with Gasteiger partial charge in [0.05, 0.1) is 17.5 Å². The number of benzene rings is 1. The van der Waals surface area contributed by atoms with Crippen molar-refractivity contribution in [3.8, 4) is 5.75 Å². The van der Waals surface area contributed by atoms with E-state index in [4.69, 9.17) is 9.47 Å². The van der Waals surface area contributed by atoms with Gasteiger partial charge in [-0.25, -0.2) is 13.1 Å². The highest BCUT2D eigenvalue weighted by atomic mass is 32.2. The topological polar surface area (TPSA) is 67.9 Å². The number of ether oxygens (including phenoxy) is 2. The van der Waals surface area contributed by atoms with Crippen molar-refractivity contribution in [3.05, 3.63) is 46.7 Å². The molecule has 1 heterocycles. The summed E-state index contributed by atoms with van der Waals surface area (Å²) in [6.45, 7) is 1.21. The third-order valence-corrected chi connectivity index (χ3v) is 6.06. The first-order valence-electron chi connectivity index (χ1n) is 7.85. The maximum Gasteiger partial charge on any atom is 0.240 e. The molecule has 8 heteroatoms. The van der Waals surface area contributed by atoms with Gasteiger partial charge in [0, 0.05) is 18.5 Å². The second-order valence-electron chi connectivity index (χ2n) is 5.66. The Morgan fingerprint density at radius 3 is 2.44 bits per heavy atom. The van der Waals surface area contributed by atoms with E-state index in [0.717, 1.165) is 4.88 Å². The van der Waals surface area contributed by atoms with Gasteiger partial charge in [0.2, 0.25) is 10.0 Å². The number of sulfonamides is 1. The van der Waals surface area contributed by atoms with Gasteiger partial charge >= 0.3 is 0 Å². The zero-order chi connectivity index (χ0) is 18.3. The monoisotopic (exact) mass is 384 g/mol. The maximum absolute atomic E-state index is 12.5. The van der Waals surface area contributed by atoms with Gasteiger partial charge in [-0.1, -0.05) is 6.07 Å². The maximum atomic E-state index is 12.5. The molecule has 138 valence electrons. The Morgan fingerprint density at radius 2 is 1.88 bits per heavy atom. The summed E-state index contributed by atoms with van der Waals surface area (Å²) in [5.74, 6) is 0.612. The summed E-state index contributed by atoms with van der Waals surface area (Å²) in [5.41, 5.74) is 0. The Labute approximate surface area is 153 Å². The standard InChI is InChI=1S/C17H24N2O4S2/c1-19(2)16(17-5-4-12-24-17)13-18-25(20,21)15-8-6-14(7-9-15)23-11-10-22-3/h4-9,12,16,18H,10-11,13H2,1-3H3. The second kappa shape index (κ2) is 9.30. The molecular formula is C17H24N2O4S2. The summed E-state index contributed by atoms with van der Waals surface area (Å²) in [4.78, 5) is 3.34. The summed E-state index contributed by atoms with van der Waals surface area (Å²) >= 11 is 1.61. The normalized spacial score (nSPS) is 13.1. The van der Waals surface area contributed by atoms with Crippen LogP contribution in [-0.4, -0.2) is 54.3 Å². The molecule has 0 fully saturated rings. The molecule has 1 unspecified atom stereocenters. The lowest BCUT2D eigenvalue weighted by Crippen LogP contribution is -2.34. The van der Waals surface area contributed by atoms with Crippen molar-refractivity contribution in [1.82, 2.24) is 9.62 Å². The van der Waals surface area contributed by atoms with E-state index in [1.165, 1.54) is 0 Å². The summed E-state index contributed by atoms with van der Waals surface area (Å²) in [6, 6.07) is 10.3. The van der Waals surface area contributed by atoms with E-state index in [9.17, 15) is 8.42 Å². The Kier molecular flexibility index (Phi) is 7.39. The predicted octanol–water partition coefficient (Wildman–Crippen LogP) is 2.35. The minimum absolute atomic E-state index is 0.00794. The van der Waals surface area contributed by atoms with Crippen molar-refractivity contribution < 1.29 is 17.9 Å². The van der Waals surface area contributed by atoms with Crippen molar-refractivity contribution >= 4 is 21.4 Å². The molecule has 25 heavy (non-hydrogen) atoms. The highest BCUT2D eigenvalue weighted by molar-refractivity contribution is 7.89. The van der Waals surface area contributed by atoms with Crippen molar-refractivity contribution in [1.29, 1.82) is 0 Å². The second-order valence-corrected chi connectivity index (χ2v) is 8.41. The molecule has 0 aliphatic heterocycles. The van der Waals surface area contributed by atoms with Crippen LogP contribution in [0, 0.1) is 0 Å². The molecule has 0 saturated carbocycles. The first-order valence-corrected chi connectivity index (χ1v) is 10.2. The third kappa shape index (κ3) is 5.79. The van der Waals surface area contributed by atoms with E-state index in [1.807, 2.05) is 36.5 Å². The largest absolute Gasteiger partial charge is 0.491 e. The lowest BCUT2D eigenvalue weighted by Gasteiger charge is -2.23. The summed E-state index contributed by atoms with van der Waals surface area (Å²) in [7, 11) is 1.90. The van der Waals surface area contributed by atoms with Crippen LogP contribution in [0.3, 0.4) is 0 Å². The van der Waals surface area contributed by atoms with E-state index < -0.39 is 10.0 Å². The Hall–Kier alpha value is -1.45. The summed E-state index contributed by atoms with van der Waals surface area (Å²) in [5, 5.41) is 1.99. The molecule has 0 bridgehead atoms. The minimum Gasteiger partial charge on any atom is -0.491 e. The molecule has 1 aromatic carbocycles. The molecular weight excluding hydrogens is 360 g/mol. The van der Waals surface area contributed by atoms with Gasteiger partial charge < -0.3 is 14.4 Å². The SMILES string of the molecule is COCCOc1ccc(S(=O)(=O)NCC(c2cccs2)N(C)C)cc1. The molecule has 0 saturated heterocycles. The fourth-order valence-electron chi connectivity index (χ4n) is 2.25. The minimum atomic E-state index is -3.57. The van der Waals surface area contributed by atoms with Gasteiger partial charge in [-0.15, -0.1) is 11.3 Å². The van der Waals surface area contributed by atoms with Gasteiger partial charge in [0.25, 0.3) is 0 Å². The molecule has 1 atom stereocenters. The first kappa shape index (κ1) is 19.9. The predicted molar refractivity (Wildman–Crippen MR) is 99.7 cm³/mol. The fraction of sp³-hybridized carbons (Fsp3) is 0.412. The molecule has 0 amide bonds. The quantitative estimate of drug-likeness (QED) is 0.637. The van der Waals surface area contributed by atoms with Crippen LogP contribution in [-0.2, 0) is 14.8 Å². The fourth-order valence-corrected chi connectivity index (χ4v) is 4.21. The van der Waals surface area contributed by atoms with Crippen LogP contribution in [0.2, 0.25) is 0 Å². The van der Waals surface area contributed by atoms with Crippen molar-refractivity contribution in [2.45, 2.75) is 10.9 Å². The molecule has 0 aliphatic rings. The summed E-state index contributed by atoms with van der Waals surface area (Å²) < 4.78 is 38.1. The van der Waals surface area contributed by atoms with Crippen molar-refractivity contribution in [2.24, 2.45) is 0 Å². The Morgan fingerprint density at radius 1 is 1.16 bits per heavy atom. The van der Waals surface area contributed by atoms with Gasteiger partial charge in [0.15, 0.2) is 0 Å². The van der Waals surface area contributed by atoms with Gasteiger partial charge in [-0.2, -0.15) is 0 Å². The third-order valence-electron chi connectivity index (χ3n) is 3.65. The van der Waals surface area contributed by atoms with Crippen LogP contribution in [0.25, 0.3) is 0 Å². The van der Waals surface area contributed by atoms with Gasteiger partial charge in [0.1, 0.15) is 12.4 Å². The number of thiophene rings is 1. The number of nitrogens with one attached hydrogen (secondary N) is 1. The zero-order valence-electron chi connectivity index (χ0n) is 14.6. The average molecular weight is 385 g/mol. The van der Waals surface area contributed by atoms with E-state index in [-0.39, 0.29) is 10.9 Å². The van der Waals surface area contributed by atoms with Crippen LogP contribution < -0.4 is 9.46 Å². The molecule has 1 N–H and O–H groups in total. The number of hydrogen-bond acceptors (Lipinski definition) is 6. The van der Waals surface area contributed by atoms with Crippen LogP contribution in [0.15, 0.2) is 46.7 Å². The molecule has 0 aliphatic carbocycles. The number of methoxy groups -OCH3 is 1. The van der Waals surface area contributed by atoms with Crippen LogP contribution in [0.4, 0.5) is 0 Å². The van der Waals surface area contributed by atoms with Crippen LogP contribution >= 0.6 is 11.3 Å². The number of likely N-dealkylation sites (N-methyl/N-ethyl adjacent to an activating group) is 1. The van der Waals surface area contributed by atoms with Crippen molar-refractivity contribution in [2.75, 3.05) is 41.0 Å². The van der Waals surface area contributed by atoms with E-state index >= 15 is 0 Å². The molecule has 2 aromatic rings. The van der Waals surface area contributed by atoms with Crippen LogP contribution in [0.5, 0.6) is 5.75 Å². The molecule has 1 aromatic heterocycles. The Bertz CT molecular complexity index is 729. The number of hydrogen-bond donors (Lipinski definition) is 1. The van der Waals surface area contributed by atoms with Crippen molar-refractivity contribution in [3.63, 3.8) is 0 Å². The van der Waals surface area contributed by atoms with Crippen LogP contribution in [0.1, 0.15) is 10.9 Å². The average Bonchev–Trinajstić information content (AvgIpc) is 3.09. The lowest BCUT2D eigenvalue weighted by atomic mass is 10.2.